The number of hydrogen-bond acceptors (Lipinski definition) is 3. The maximum atomic E-state index is 12.0. The van der Waals surface area contributed by atoms with Crippen LogP contribution in [-0.4, -0.2) is 43.9 Å². The monoisotopic (exact) mass is 332 g/mol. The van der Waals surface area contributed by atoms with Crippen molar-refractivity contribution in [2.45, 2.75) is 19.9 Å². The Labute approximate surface area is 122 Å². The maximum Gasteiger partial charge on any atom is 0.267 e. The van der Waals surface area contributed by atoms with Gasteiger partial charge in [-0.1, -0.05) is 0 Å². The Hall–Kier alpha value is -0.850. The second-order valence-electron chi connectivity index (χ2n) is 4.04. The van der Waals surface area contributed by atoms with Crippen molar-refractivity contribution in [2.75, 3.05) is 33.5 Å². The van der Waals surface area contributed by atoms with Gasteiger partial charge >= 0.3 is 0 Å². The molecule has 5 nitrogen and oxygen atoms in total. The van der Waals surface area contributed by atoms with Gasteiger partial charge in [0.1, 0.15) is 5.69 Å². The number of carbonyl (C=O) groups is 1. The minimum Gasteiger partial charge on any atom is -0.382 e. The molecule has 1 aromatic rings. The van der Waals surface area contributed by atoms with Gasteiger partial charge in [-0.2, -0.15) is 0 Å². The zero-order chi connectivity index (χ0) is 14.1. The van der Waals surface area contributed by atoms with E-state index in [1.54, 1.807) is 7.11 Å². The third-order valence-electron chi connectivity index (χ3n) is 2.62. The number of ether oxygens (including phenoxy) is 2. The van der Waals surface area contributed by atoms with Crippen LogP contribution < -0.4 is 5.32 Å². The number of nitrogens with one attached hydrogen (secondary N) is 1. The third kappa shape index (κ3) is 5.76. The highest BCUT2D eigenvalue weighted by atomic mass is 79.9. The molecule has 0 aliphatic rings. The second kappa shape index (κ2) is 9.12. The molecule has 1 amide bonds. The lowest BCUT2D eigenvalue weighted by Gasteiger charge is -2.08. The van der Waals surface area contributed by atoms with Crippen LogP contribution in [0.1, 0.15) is 23.8 Å². The lowest BCUT2D eigenvalue weighted by molar-refractivity contribution is 0.0688. The second-order valence-corrected chi connectivity index (χ2v) is 4.96. The van der Waals surface area contributed by atoms with Gasteiger partial charge in [0.2, 0.25) is 0 Å². The summed E-state index contributed by atoms with van der Waals surface area (Å²) in [5, 5.41) is 2.89. The molecule has 0 saturated heterocycles. The normalized spacial score (nSPS) is 10.7. The Morgan fingerprint density at radius 3 is 2.89 bits per heavy atom. The number of amides is 1. The van der Waals surface area contributed by atoms with E-state index in [4.69, 9.17) is 9.47 Å². The Bertz CT molecular complexity index is 393. The number of nitrogens with zero attached hydrogens (tertiary/aromatic N) is 1. The predicted octanol–water partition coefficient (Wildman–Crippen LogP) is 2.05. The van der Waals surface area contributed by atoms with E-state index in [1.165, 1.54) is 0 Å². The Kier molecular flexibility index (Phi) is 7.78. The molecule has 0 aliphatic carbocycles. The van der Waals surface area contributed by atoms with E-state index in [9.17, 15) is 4.79 Å². The largest absolute Gasteiger partial charge is 0.382 e. The molecule has 0 aliphatic heterocycles. The highest BCUT2D eigenvalue weighted by Crippen LogP contribution is 2.14. The fourth-order valence-electron chi connectivity index (χ4n) is 1.64. The molecule has 19 heavy (non-hydrogen) atoms. The van der Waals surface area contributed by atoms with Crippen LogP contribution in [0, 0.1) is 0 Å². The van der Waals surface area contributed by atoms with Crippen molar-refractivity contribution in [3.63, 3.8) is 0 Å². The molecule has 1 rings (SSSR count). The van der Waals surface area contributed by atoms with Crippen LogP contribution in [0.25, 0.3) is 0 Å². The first-order valence-electron chi connectivity index (χ1n) is 6.39. The van der Waals surface area contributed by atoms with Gasteiger partial charge in [0, 0.05) is 37.5 Å². The van der Waals surface area contributed by atoms with Crippen molar-refractivity contribution in [3.05, 3.63) is 22.4 Å². The highest BCUT2D eigenvalue weighted by Gasteiger charge is 2.11. The number of hydrogen-bond donors (Lipinski definition) is 1. The lowest BCUT2D eigenvalue weighted by atomic mass is 10.3. The fraction of sp³-hybridized carbons (Fsp3) is 0.615. The van der Waals surface area contributed by atoms with Gasteiger partial charge in [0.15, 0.2) is 0 Å². The standard InChI is InChI=1S/C13H21BrN2O3/c1-3-16-10-11(14)9-12(16)13(17)15-5-4-6-19-8-7-18-2/h9-10H,3-8H2,1-2H3,(H,15,17). The quantitative estimate of drug-likeness (QED) is 0.704. The summed E-state index contributed by atoms with van der Waals surface area (Å²) in [4.78, 5) is 12.0. The van der Waals surface area contributed by atoms with Crippen molar-refractivity contribution in [3.8, 4) is 0 Å². The summed E-state index contributed by atoms with van der Waals surface area (Å²) in [7, 11) is 1.64. The number of methoxy groups -OCH3 is 1. The van der Waals surface area contributed by atoms with Crippen LogP contribution >= 0.6 is 15.9 Å². The average Bonchev–Trinajstić information content (AvgIpc) is 2.79. The van der Waals surface area contributed by atoms with Gasteiger partial charge < -0.3 is 19.4 Å². The van der Waals surface area contributed by atoms with Crippen LogP contribution in [0.3, 0.4) is 0 Å². The minimum atomic E-state index is -0.0514. The van der Waals surface area contributed by atoms with E-state index in [0.717, 1.165) is 17.4 Å². The van der Waals surface area contributed by atoms with E-state index in [1.807, 2.05) is 23.8 Å². The lowest BCUT2D eigenvalue weighted by Crippen LogP contribution is -2.27. The summed E-state index contributed by atoms with van der Waals surface area (Å²) in [5.74, 6) is -0.0514. The molecule has 0 fully saturated rings. The minimum absolute atomic E-state index is 0.0514. The van der Waals surface area contributed by atoms with Crippen LogP contribution in [-0.2, 0) is 16.0 Å². The fourth-order valence-corrected chi connectivity index (χ4v) is 2.10. The van der Waals surface area contributed by atoms with Crippen molar-refractivity contribution < 1.29 is 14.3 Å². The summed E-state index contributed by atoms with van der Waals surface area (Å²) >= 11 is 3.38. The Balaban J connectivity index is 2.24. The molecule has 0 atom stereocenters. The zero-order valence-corrected chi connectivity index (χ0v) is 13.0. The van der Waals surface area contributed by atoms with Gasteiger partial charge in [0.25, 0.3) is 5.91 Å². The maximum absolute atomic E-state index is 12.0. The van der Waals surface area contributed by atoms with Crippen LogP contribution in [0.15, 0.2) is 16.7 Å². The zero-order valence-electron chi connectivity index (χ0n) is 11.4. The smallest absolute Gasteiger partial charge is 0.267 e. The summed E-state index contributed by atoms with van der Waals surface area (Å²) in [6, 6.07) is 1.83. The Morgan fingerprint density at radius 2 is 2.21 bits per heavy atom. The molecule has 6 heteroatoms. The Morgan fingerprint density at radius 1 is 1.42 bits per heavy atom. The van der Waals surface area contributed by atoms with Crippen molar-refractivity contribution >= 4 is 21.8 Å². The van der Waals surface area contributed by atoms with Crippen LogP contribution in [0.5, 0.6) is 0 Å². The first-order valence-corrected chi connectivity index (χ1v) is 7.19. The molecule has 0 unspecified atom stereocenters. The highest BCUT2D eigenvalue weighted by molar-refractivity contribution is 9.10. The summed E-state index contributed by atoms with van der Waals surface area (Å²) in [6.45, 7) is 5.21. The molecule has 1 aromatic heterocycles. The van der Waals surface area contributed by atoms with Gasteiger partial charge in [-0.3, -0.25) is 4.79 Å². The molecule has 0 radical (unpaired) electrons. The average molecular weight is 333 g/mol. The van der Waals surface area contributed by atoms with Gasteiger partial charge in [-0.05, 0) is 35.3 Å². The molecular formula is C13H21BrN2O3. The molecular weight excluding hydrogens is 312 g/mol. The number of carbonyl (C=O) groups excluding carboxylic acids is 1. The summed E-state index contributed by atoms with van der Waals surface area (Å²) < 4.78 is 13.0. The SMILES string of the molecule is CCn1cc(Br)cc1C(=O)NCCCOCCOC. The van der Waals surface area contributed by atoms with E-state index in [2.05, 4.69) is 21.2 Å². The van der Waals surface area contributed by atoms with Gasteiger partial charge in [-0.15, -0.1) is 0 Å². The summed E-state index contributed by atoms with van der Waals surface area (Å²) in [5.41, 5.74) is 0.676. The molecule has 1 heterocycles. The van der Waals surface area contributed by atoms with Crippen molar-refractivity contribution in [2.24, 2.45) is 0 Å². The van der Waals surface area contributed by atoms with Crippen molar-refractivity contribution in [1.29, 1.82) is 0 Å². The molecule has 108 valence electrons. The van der Waals surface area contributed by atoms with E-state index in [-0.39, 0.29) is 5.91 Å². The number of rotatable bonds is 9. The van der Waals surface area contributed by atoms with Gasteiger partial charge in [0.05, 0.1) is 13.2 Å². The molecule has 0 saturated carbocycles. The number of halogens is 1. The van der Waals surface area contributed by atoms with E-state index >= 15 is 0 Å². The van der Waals surface area contributed by atoms with Crippen molar-refractivity contribution in [1.82, 2.24) is 9.88 Å². The molecule has 0 aromatic carbocycles. The summed E-state index contributed by atoms with van der Waals surface area (Å²) in [6.07, 6.45) is 2.70. The van der Waals surface area contributed by atoms with Crippen LogP contribution in [0.4, 0.5) is 0 Å². The molecule has 0 bridgehead atoms. The first kappa shape index (κ1) is 16.2. The van der Waals surface area contributed by atoms with Crippen LogP contribution in [0.2, 0.25) is 0 Å². The topological polar surface area (TPSA) is 52.5 Å². The molecule has 0 spiro atoms. The van der Waals surface area contributed by atoms with E-state index < -0.39 is 0 Å². The van der Waals surface area contributed by atoms with E-state index in [0.29, 0.717) is 32.1 Å². The molecule has 1 N–H and O–H groups in total. The number of aryl methyl sites for hydroxylation is 1. The predicted molar refractivity (Wildman–Crippen MR) is 77.5 cm³/mol. The van der Waals surface area contributed by atoms with Gasteiger partial charge in [-0.25, -0.2) is 0 Å². The number of aromatic nitrogens is 1. The first-order chi connectivity index (χ1) is 9.19. The third-order valence-corrected chi connectivity index (χ3v) is 3.05.